The minimum atomic E-state index is -4.78. The van der Waals surface area contributed by atoms with Crippen LogP contribution in [0.25, 0.3) is 6.08 Å². The second kappa shape index (κ2) is 2.60. The summed E-state index contributed by atoms with van der Waals surface area (Å²) in [5.74, 6) is 0. The lowest BCUT2D eigenvalue weighted by Crippen LogP contribution is -2.37. The Balaban J connectivity index is 2.59. The molecule has 0 aromatic heterocycles. The number of benzene rings is 1. The molecule has 1 radical (unpaired) electrons. The molecule has 1 unspecified atom stereocenters. The molecule has 0 N–H and O–H groups in total. The molecule has 0 aliphatic heterocycles. The highest BCUT2D eigenvalue weighted by molar-refractivity contribution is 5.64. The van der Waals surface area contributed by atoms with Gasteiger partial charge in [-0.25, -0.2) is 5.11 Å². The van der Waals surface area contributed by atoms with Crippen molar-refractivity contribution in [3.8, 4) is 0 Å². The maximum Gasteiger partial charge on any atom is 0.428 e. The molecular formula is C10H6F3O. The van der Waals surface area contributed by atoms with Gasteiger partial charge >= 0.3 is 6.18 Å². The Bertz CT molecular complexity index is 395. The SMILES string of the molecule is [O]C1(C(F)(F)F)C=Cc2ccccc21. The Morgan fingerprint density at radius 1 is 1.14 bits per heavy atom. The molecule has 1 aliphatic carbocycles. The monoisotopic (exact) mass is 199 g/mol. The van der Waals surface area contributed by atoms with Gasteiger partial charge in [0.2, 0.25) is 5.60 Å². The zero-order chi connectivity index (χ0) is 10.4. The van der Waals surface area contributed by atoms with E-state index in [2.05, 4.69) is 0 Å². The van der Waals surface area contributed by atoms with Gasteiger partial charge in [-0.3, -0.25) is 0 Å². The quantitative estimate of drug-likeness (QED) is 0.612. The Hall–Kier alpha value is -1.29. The Kier molecular flexibility index (Phi) is 1.72. The van der Waals surface area contributed by atoms with E-state index in [0.717, 1.165) is 0 Å². The number of hydrogen-bond donors (Lipinski definition) is 0. The van der Waals surface area contributed by atoms with Crippen LogP contribution in [-0.2, 0) is 10.7 Å². The molecular weight excluding hydrogens is 193 g/mol. The van der Waals surface area contributed by atoms with Crippen LogP contribution in [0.15, 0.2) is 30.3 Å². The van der Waals surface area contributed by atoms with Gasteiger partial charge in [-0.2, -0.15) is 13.2 Å². The van der Waals surface area contributed by atoms with Gasteiger partial charge in [0.1, 0.15) is 0 Å². The van der Waals surface area contributed by atoms with E-state index in [0.29, 0.717) is 11.6 Å². The van der Waals surface area contributed by atoms with Crippen LogP contribution in [0.2, 0.25) is 0 Å². The summed E-state index contributed by atoms with van der Waals surface area (Å²) in [5.41, 5.74) is -2.93. The zero-order valence-corrected chi connectivity index (χ0v) is 7.01. The third kappa shape index (κ3) is 1.07. The topological polar surface area (TPSA) is 19.9 Å². The first kappa shape index (κ1) is 9.27. The van der Waals surface area contributed by atoms with E-state index in [1.54, 1.807) is 6.07 Å². The zero-order valence-electron chi connectivity index (χ0n) is 7.01. The second-order valence-corrected chi connectivity index (χ2v) is 3.15. The first-order chi connectivity index (χ1) is 6.45. The van der Waals surface area contributed by atoms with Crippen molar-refractivity contribution in [2.75, 3.05) is 0 Å². The lowest BCUT2D eigenvalue weighted by atomic mass is 9.95. The summed E-state index contributed by atoms with van der Waals surface area (Å²) in [5, 5.41) is 11.5. The summed E-state index contributed by atoms with van der Waals surface area (Å²) >= 11 is 0. The molecule has 1 aliphatic rings. The van der Waals surface area contributed by atoms with E-state index in [1.165, 1.54) is 24.3 Å². The van der Waals surface area contributed by atoms with Crippen LogP contribution in [0.3, 0.4) is 0 Å². The molecule has 73 valence electrons. The number of hydrogen-bond acceptors (Lipinski definition) is 0. The molecule has 1 aromatic carbocycles. The Morgan fingerprint density at radius 3 is 2.43 bits per heavy atom. The van der Waals surface area contributed by atoms with Gasteiger partial charge in [-0.15, -0.1) is 0 Å². The highest BCUT2D eigenvalue weighted by atomic mass is 19.4. The van der Waals surface area contributed by atoms with Gasteiger partial charge in [0.25, 0.3) is 0 Å². The van der Waals surface area contributed by atoms with Crippen LogP contribution in [0.5, 0.6) is 0 Å². The Morgan fingerprint density at radius 2 is 1.79 bits per heavy atom. The minimum absolute atomic E-state index is 0.215. The smallest absolute Gasteiger partial charge is 0.209 e. The third-order valence-electron chi connectivity index (χ3n) is 2.28. The minimum Gasteiger partial charge on any atom is -0.209 e. The fraction of sp³-hybridized carbons (Fsp3) is 0.200. The molecule has 0 saturated heterocycles. The molecule has 1 nitrogen and oxygen atoms in total. The van der Waals surface area contributed by atoms with Gasteiger partial charge < -0.3 is 0 Å². The highest BCUT2D eigenvalue weighted by Crippen LogP contribution is 2.45. The van der Waals surface area contributed by atoms with Crippen molar-refractivity contribution in [1.82, 2.24) is 0 Å². The molecule has 14 heavy (non-hydrogen) atoms. The second-order valence-electron chi connectivity index (χ2n) is 3.15. The van der Waals surface area contributed by atoms with Crippen molar-refractivity contribution in [3.63, 3.8) is 0 Å². The van der Waals surface area contributed by atoms with Gasteiger partial charge in [0, 0.05) is 5.56 Å². The van der Waals surface area contributed by atoms with Crippen LogP contribution < -0.4 is 0 Å². The van der Waals surface area contributed by atoms with E-state index >= 15 is 0 Å². The maximum absolute atomic E-state index is 12.5. The summed E-state index contributed by atoms with van der Waals surface area (Å²) in [7, 11) is 0. The summed E-state index contributed by atoms with van der Waals surface area (Å²) in [6.45, 7) is 0. The van der Waals surface area contributed by atoms with Gasteiger partial charge in [-0.1, -0.05) is 30.3 Å². The summed E-state index contributed by atoms with van der Waals surface area (Å²) in [6.07, 6.45) is -2.90. The molecule has 4 heteroatoms. The van der Waals surface area contributed by atoms with Crippen molar-refractivity contribution >= 4 is 6.08 Å². The lowest BCUT2D eigenvalue weighted by Gasteiger charge is -2.22. The molecule has 1 aromatic rings. The van der Waals surface area contributed by atoms with Crippen molar-refractivity contribution in [3.05, 3.63) is 41.5 Å². The first-order valence-corrected chi connectivity index (χ1v) is 4.01. The van der Waals surface area contributed by atoms with E-state index < -0.39 is 11.8 Å². The number of alkyl halides is 3. The van der Waals surface area contributed by atoms with E-state index in [1.807, 2.05) is 0 Å². The molecule has 0 bridgehead atoms. The predicted molar refractivity (Wildman–Crippen MR) is 43.9 cm³/mol. The van der Waals surface area contributed by atoms with Crippen LogP contribution >= 0.6 is 0 Å². The van der Waals surface area contributed by atoms with E-state index in [9.17, 15) is 18.3 Å². The normalized spacial score (nSPS) is 25.1. The van der Waals surface area contributed by atoms with Crippen LogP contribution in [-0.4, -0.2) is 6.18 Å². The standard InChI is InChI=1S/C10H6F3O/c11-10(12,13)9(14)6-5-7-3-1-2-4-8(7)9/h1-6H. The number of rotatable bonds is 0. The molecule has 0 fully saturated rings. The number of halogens is 3. The summed E-state index contributed by atoms with van der Waals surface area (Å²) < 4.78 is 37.4. The van der Waals surface area contributed by atoms with Crippen LogP contribution in [0.1, 0.15) is 11.1 Å². The summed E-state index contributed by atoms with van der Waals surface area (Å²) in [6, 6.07) is 5.75. The fourth-order valence-electron chi connectivity index (χ4n) is 1.52. The predicted octanol–water partition coefficient (Wildman–Crippen LogP) is 2.90. The fourth-order valence-corrected chi connectivity index (χ4v) is 1.52. The van der Waals surface area contributed by atoms with Gasteiger partial charge in [0.05, 0.1) is 0 Å². The maximum atomic E-state index is 12.5. The van der Waals surface area contributed by atoms with Gasteiger partial charge in [0.15, 0.2) is 0 Å². The molecule has 0 heterocycles. The lowest BCUT2D eigenvalue weighted by molar-refractivity contribution is -0.265. The molecule has 0 amide bonds. The van der Waals surface area contributed by atoms with Crippen LogP contribution in [0.4, 0.5) is 13.2 Å². The number of fused-ring (bicyclic) bond motifs is 1. The van der Waals surface area contributed by atoms with Crippen molar-refractivity contribution < 1.29 is 18.3 Å². The van der Waals surface area contributed by atoms with E-state index in [-0.39, 0.29) is 5.56 Å². The first-order valence-electron chi connectivity index (χ1n) is 4.01. The third-order valence-corrected chi connectivity index (χ3v) is 2.28. The van der Waals surface area contributed by atoms with Crippen molar-refractivity contribution in [2.24, 2.45) is 0 Å². The van der Waals surface area contributed by atoms with E-state index in [4.69, 9.17) is 0 Å². The molecule has 0 spiro atoms. The Labute approximate surface area is 78.5 Å². The average Bonchev–Trinajstić information content (AvgIpc) is 2.45. The highest BCUT2D eigenvalue weighted by Gasteiger charge is 2.57. The average molecular weight is 199 g/mol. The van der Waals surface area contributed by atoms with Crippen molar-refractivity contribution in [2.45, 2.75) is 11.8 Å². The molecule has 0 saturated carbocycles. The summed E-state index contributed by atoms with van der Waals surface area (Å²) in [4.78, 5) is 0. The van der Waals surface area contributed by atoms with Gasteiger partial charge in [-0.05, 0) is 11.6 Å². The van der Waals surface area contributed by atoms with Crippen molar-refractivity contribution in [1.29, 1.82) is 0 Å². The van der Waals surface area contributed by atoms with Crippen LogP contribution in [0, 0.1) is 0 Å². The molecule has 2 rings (SSSR count). The largest absolute Gasteiger partial charge is 0.428 e. The molecule has 1 atom stereocenters.